The van der Waals surface area contributed by atoms with Crippen LogP contribution in [0, 0.1) is 5.92 Å². The Labute approximate surface area is 421 Å². The molecule has 7 aromatic carbocycles. The Morgan fingerprint density at radius 3 is 1.80 bits per heavy atom. The van der Waals surface area contributed by atoms with Gasteiger partial charge in [-0.1, -0.05) is 172 Å². The minimum Gasteiger partial charge on any atom is -0.456 e. The molecule has 4 heteroatoms. The van der Waals surface area contributed by atoms with Gasteiger partial charge in [0.25, 0.3) is 0 Å². The molecule has 5 aliphatic rings. The first-order valence-electron chi connectivity index (χ1n) is 25.2. The Kier molecular flexibility index (Phi) is 10.3. The Morgan fingerprint density at radius 1 is 0.614 bits per heavy atom. The van der Waals surface area contributed by atoms with Crippen molar-refractivity contribution in [2.45, 2.75) is 90.7 Å². The summed E-state index contributed by atoms with van der Waals surface area (Å²) in [6.07, 6.45) is 17.7. The molecular formula is C66H55NOS2. The molecule has 2 spiro atoms. The highest BCUT2D eigenvalue weighted by Crippen LogP contribution is 2.66. The third-order valence-electron chi connectivity index (χ3n) is 15.8. The van der Waals surface area contributed by atoms with Crippen molar-refractivity contribution in [2.75, 3.05) is 4.90 Å². The van der Waals surface area contributed by atoms with Gasteiger partial charge >= 0.3 is 0 Å². The zero-order chi connectivity index (χ0) is 47.3. The number of nitrogens with zero attached hydrogens (tertiary/aromatic N) is 1. The van der Waals surface area contributed by atoms with Gasteiger partial charge in [-0.05, 0) is 173 Å². The number of anilines is 3. The lowest BCUT2D eigenvalue weighted by molar-refractivity contribution is 0.560. The monoisotopic (exact) mass is 941 g/mol. The molecular weight excluding hydrogens is 887 g/mol. The predicted molar refractivity (Wildman–Crippen MR) is 294 cm³/mol. The van der Waals surface area contributed by atoms with Gasteiger partial charge in [0.1, 0.15) is 11.3 Å². The smallest absolute Gasteiger partial charge is 0.137 e. The number of benzene rings is 7. The quantitative estimate of drug-likeness (QED) is 0.151. The maximum absolute atomic E-state index is 6.83. The molecule has 8 aromatic rings. The van der Waals surface area contributed by atoms with Crippen LogP contribution in [0.25, 0.3) is 28.2 Å². The van der Waals surface area contributed by atoms with Crippen molar-refractivity contribution in [1.29, 1.82) is 0 Å². The SMILES string of the molecule is C/C=C\C1=C(CC)C2=C(C(C)CC=C2)C12c1ccccc1Sc1ccc(N(c3ccc4c(c3)C3(c5ccccc5S4)c4ccccc4-c4ccccc43)c3cccc4oc(/C=C\C)c(CCC)c34)cc12. The maximum atomic E-state index is 6.83. The normalized spacial score (nSPS) is 19.0. The number of hydrogen-bond acceptors (Lipinski definition) is 4. The summed E-state index contributed by atoms with van der Waals surface area (Å²) >= 11 is 3.83. The maximum Gasteiger partial charge on any atom is 0.137 e. The fourth-order valence-corrected chi connectivity index (χ4v) is 15.7. The topological polar surface area (TPSA) is 16.4 Å². The third kappa shape index (κ3) is 5.90. The van der Waals surface area contributed by atoms with Crippen LogP contribution in [-0.2, 0) is 17.3 Å². The van der Waals surface area contributed by atoms with E-state index >= 15 is 0 Å². The van der Waals surface area contributed by atoms with Gasteiger partial charge in [0.2, 0.25) is 0 Å². The van der Waals surface area contributed by atoms with E-state index < -0.39 is 10.8 Å². The average Bonchev–Trinajstić information content (AvgIpc) is 4.00. The summed E-state index contributed by atoms with van der Waals surface area (Å²) in [6, 6.07) is 58.1. The van der Waals surface area contributed by atoms with Gasteiger partial charge in [-0.3, -0.25) is 0 Å². The van der Waals surface area contributed by atoms with Crippen LogP contribution in [-0.4, -0.2) is 0 Å². The first-order chi connectivity index (χ1) is 34.5. The van der Waals surface area contributed by atoms with Crippen molar-refractivity contribution >= 4 is 57.6 Å². The lowest BCUT2D eigenvalue weighted by atomic mass is 9.62. The predicted octanol–water partition coefficient (Wildman–Crippen LogP) is 18.7. The largest absolute Gasteiger partial charge is 0.456 e. The molecule has 0 N–H and O–H groups in total. The van der Waals surface area contributed by atoms with Crippen LogP contribution in [0.4, 0.5) is 17.1 Å². The molecule has 0 saturated heterocycles. The molecule has 0 fully saturated rings. The highest BCUT2D eigenvalue weighted by molar-refractivity contribution is 7.99. The highest BCUT2D eigenvalue weighted by Gasteiger charge is 2.54. The van der Waals surface area contributed by atoms with Crippen molar-refractivity contribution in [1.82, 2.24) is 0 Å². The van der Waals surface area contributed by atoms with E-state index in [1.807, 2.05) is 23.5 Å². The van der Waals surface area contributed by atoms with E-state index in [2.05, 4.69) is 228 Å². The third-order valence-corrected chi connectivity index (χ3v) is 18.1. The van der Waals surface area contributed by atoms with Gasteiger partial charge in [-0.15, -0.1) is 0 Å². The van der Waals surface area contributed by atoms with Crippen LogP contribution in [0.3, 0.4) is 0 Å². The summed E-state index contributed by atoms with van der Waals surface area (Å²) in [7, 11) is 0. The van der Waals surface area contributed by atoms with E-state index in [1.54, 1.807) is 5.57 Å². The fourth-order valence-electron chi connectivity index (χ4n) is 13.3. The van der Waals surface area contributed by atoms with Crippen LogP contribution >= 0.6 is 23.5 Å². The van der Waals surface area contributed by atoms with Gasteiger partial charge in [0, 0.05) is 41.9 Å². The first-order valence-corrected chi connectivity index (χ1v) is 26.9. The van der Waals surface area contributed by atoms with Crippen LogP contribution in [0.2, 0.25) is 0 Å². The second kappa shape index (κ2) is 16.7. The molecule has 0 radical (unpaired) electrons. The summed E-state index contributed by atoms with van der Waals surface area (Å²) in [5, 5.41) is 1.17. The van der Waals surface area contributed by atoms with E-state index in [9.17, 15) is 0 Å². The van der Waals surface area contributed by atoms with E-state index in [4.69, 9.17) is 4.42 Å². The van der Waals surface area contributed by atoms with Crippen molar-refractivity contribution in [2.24, 2.45) is 5.92 Å². The molecule has 3 aliphatic carbocycles. The second-order valence-corrected chi connectivity index (χ2v) is 21.6. The van der Waals surface area contributed by atoms with Gasteiger partial charge in [-0.2, -0.15) is 0 Å². The summed E-state index contributed by atoms with van der Waals surface area (Å²) in [5.41, 5.74) is 21.2. The van der Waals surface area contributed by atoms with E-state index in [0.717, 1.165) is 54.1 Å². The molecule has 342 valence electrons. The number of aryl methyl sites for hydroxylation is 1. The van der Waals surface area contributed by atoms with E-state index in [0.29, 0.717) is 5.92 Å². The molecule has 0 amide bonds. The number of furan rings is 1. The van der Waals surface area contributed by atoms with Crippen LogP contribution < -0.4 is 4.90 Å². The molecule has 2 unspecified atom stereocenters. The molecule has 13 rings (SSSR count). The van der Waals surface area contributed by atoms with Gasteiger partial charge in [-0.25, -0.2) is 0 Å². The average molecular weight is 942 g/mol. The van der Waals surface area contributed by atoms with Crippen molar-refractivity contribution in [3.05, 3.63) is 249 Å². The van der Waals surface area contributed by atoms with Crippen molar-refractivity contribution < 1.29 is 4.42 Å². The molecule has 2 nitrogen and oxygen atoms in total. The summed E-state index contributed by atoms with van der Waals surface area (Å²) < 4.78 is 6.83. The molecule has 2 atom stereocenters. The van der Waals surface area contributed by atoms with E-state index in [-0.39, 0.29) is 0 Å². The van der Waals surface area contributed by atoms with Gasteiger partial charge < -0.3 is 9.32 Å². The van der Waals surface area contributed by atoms with Crippen LogP contribution in [0.15, 0.2) is 228 Å². The zero-order valence-electron chi connectivity index (χ0n) is 40.5. The number of rotatable bonds is 8. The van der Waals surface area contributed by atoms with Crippen LogP contribution in [0.1, 0.15) is 98.6 Å². The molecule has 0 bridgehead atoms. The lowest BCUT2D eigenvalue weighted by Crippen LogP contribution is -2.36. The second-order valence-electron chi connectivity index (χ2n) is 19.4. The number of fused-ring (bicyclic) bond motifs is 15. The van der Waals surface area contributed by atoms with Gasteiger partial charge in [0.05, 0.1) is 16.5 Å². The Hall–Kier alpha value is -6.72. The Morgan fingerprint density at radius 2 is 1.19 bits per heavy atom. The summed E-state index contributed by atoms with van der Waals surface area (Å²) in [4.78, 5) is 7.83. The van der Waals surface area contributed by atoms with Crippen molar-refractivity contribution in [3.8, 4) is 11.1 Å². The molecule has 0 saturated carbocycles. The number of allylic oxidation sites excluding steroid dienone is 9. The molecule has 70 heavy (non-hydrogen) atoms. The number of hydrogen-bond donors (Lipinski definition) is 0. The molecule has 2 aliphatic heterocycles. The molecule has 1 aromatic heterocycles. The van der Waals surface area contributed by atoms with Gasteiger partial charge in [0.15, 0.2) is 0 Å². The summed E-state index contributed by atoms with van der Waals surface area (Å²) in [6.45, 7) is 11.4. The molecule has 3 heterocycles. The van der Waals surface area contributed by atoms with E-state index in [1.165, 1.54) is 91.8 Å². The van der Waals surface area contributed by atoms with Crippen molar-refractivity contribution in [3.63, 3.8) is 0 Å². The van der Waals surface area contributed by atoms with Crippen LogP contribution in [0.5, 0.6) is 0 Å². The summed E-state index contributed by atoms with van der Waals surface area (Å²) in [5.74, 6) is 1.31. The Bertz CT molecular complexity index is 3600. The zero-order valence-corrected chi connectivity index (χ0v) is 42.1. The highest BCUT2D eigenvalue weighted by atomic mass is 32.2. The fraction of sp³-hybridized carbons (Fsp3) is 0.182. The minimum atomic E-state index is -0.513. The standard InChI is InChI=1S/C66H55NOS2/c1-6-20-48-57(22-8-3)68-58-32-19-31-56(63(48)58)67(42-35-37-61-54(39-42)65(52-29-14-16-33-59(52)69-61)50-27-12-10-24-45(50)46-25-11-13-28-51(46)65)43-36-38-62-55(40-43)66(53-30-15-17-34-60(53)70-62)49(21-7-2)44(9-4)47-26-18-23-41(5)64(47)66/h7-8,10-19,21-22,24-41H,6,9,20,23H2,1-5H3/b21-7-,22-8-. The first kappa shape index (κ1) is 43.3. The Balaban J connectivity index is 1.13. The lowest BCUT2D eigenvalue weighted by Gasteiger charge is -2.44. The minimum absolute atomic E-state index is 0.365.